The second kappa shape index (κ2) is 11.3. The lowest BCUT2D eigenvalue weighted by Crippen LogP contribution is -2.48. The number of amidine groups is 1. The molecule has 2 heterocycles. The Labute approximate surface area is 203 Å². The van der Waals surface area contributed by atoms with Gasteiger partial charge in [-0.25, -0.2) is 9.38 Å². The van der Waals surface area contributed by atoms with Crippen molar-refractivity contribution < 1.29 is 4.39 Å². The summed E-state index contributed by atoms with van der Waals surface area (Å²) in [6.45, 7) is 11.1. The molecule has 2 aliphatic heterocycles. The highest BCUT2D eigenvalue weighted by Crippen LogP contribution is 2.53. The zero-order valence-electron chi connectivity index (χ0n) is 20.2. The average Bonchev–Trinajstić information content (AvgIpc) is 3.29. The molecular weight excluding hydrogens is 431 g/mol. The summed E-state index contributed by atoms with van der Waals surface area (Å²) in [7, 11) is 0. The average molecular weight is 469 g/mol. The predicted octanol–water partition coefficient (Wildman–Crippen LogP) is 6.34. The summed E-state index contributed by atoms with van der Waals surface area (Å²) in [6.07, 6.45) is 10.4. The number of aliphatic imine (C=N–C) groups is 2. The molecule has 4 rings (SSSR count). The van der Waals surface area contributed by atoms with Crippen LogP contribution in [0, 0.1) is 22.6 Å². The van der Waals surface area contributed by atoms with Crippen molar-refractivity contribution in [1.82, 2.24) is 4.90 Å². The molecule has 1 saturated carbocycles. The summed E-state index contributed by atoms with van der Waals surface area (Å²) in [4.78, 5) is 11.8. The number of halogens is 1. The minimum Gasteiger partial charge on any atom is -0.375 e. The predicted molar refractivity (Wildman–Crippen MR) is 142 cm³/mol. The second-order valence-electron chi connectivity index (χ2n) is 9.35. The molecule has 0 amide bonds. The van der Waals surface area contributed by atoms with E-state index in [1.165, 1.54) is 43.5 Å². The van der Waals surface area contributed by atoms with Crippen molar-refractivity contribution in [2.45, 2.75) is 52.4 Å². The van der Waals surface area contributed by atoms with Crippen LogP contribution in [0.25, 0.3) is 0 Å². The fourth-order valence-electron chi connectivity index (χ4n) is 5.20. The minimum atomic E-state index is -0.230. The van der Waals surface area contributed by atoms with Crippen molar-refractivity contribution in [3.63, 3.8) is 0 Å². The topological polar surface area (TPSA) is 51.8 Å². The molecule has 0 bridgehead atoms. The monoisotopic (exact) mass is 468 g/mol. The molecule has 1 spiro atoms. The van der Waals surface area contributed by atoms with E-state index < -0.39 is 0 Å². The van der Waals surface area contributed by atoms with E-state index in [4.69, 9.17) is 10.4 Å². The third kappa shape index (κ3) is 6.03. The van der Waals surface area contributed by atoms with Gasteiger partial charge < -0.3 is 10.3 Å². The van der Waals surface area contributed by atoms with Crippen LogP contribution in [0.2, 0.25) is 0 Å². The molecule has 4 nitrogen and oxygen atoms in total. The Hall–Kier alpha value is -2.21. The first-order valence-electron chi connectivity index (χ1n) is 11.9. The van der Waals surface area contributed by atoms with Gasteiger partial charge in [-0.2, -0.15) is 12.6 Å². The summed E-state index contributed by atoms with van der Waals surface area (Å²) in [5.74, 6) is 1.06. The van der Waals surface area contributed by atoms with Crippen LogP contribution in [0.5, 0.6) is 0 Å². The Balaban J connectivity index is 0.00000149. The first-order valence-corrected chi connectivity index (χ1v) is 12.8. The largest absolute Gasteiger partial charge is 0.375 e. The molecule has 2 fully saturated rings. The van der Waals surface area contributed by atoms with Gasteiger partial charge in [0, 0.05) is 48.1 Å². The van der Waals surface area contributed by atoms with Crippen LogP contribution < -0.4 is 0 Å². The van der Waals surface area contributed by atoms with E-state index in [0.717, 1.165) is 48.6 Å². The number of piperidine rings is 1. The van der Waals surface area contributed by atoms with Crippen LogP contribution in [-0.4, -0.2) is 48.0 Å². The molecule has 1 saturated heterocycles. The molecule has 0 unspecified atom stereocenters. The molecule has 1 aromatic rings. The smallest absolute Gasteiger partial charge is 0.154 e. The second-order valence-corrected chi connectivity index (χ2v) is 9.35. The summed E-state index contributed by atoms with van der Waals surface area (Å²) < 4.78 is 13.2. The summed E-state index contributed by atoms with van der Waals surface area (Å²) in [5.41, 5.74) is 5.45. The summed E-state index contributed by atoms with van der Waals surface area (Å²) >= 11 is 3.53. The molecule has 33 heavy (non-hydrogen) atoms. The number of hydrogen-bond donors (Lipinski definition) is 2. The summed E-state index contributed by atoms with van der Waals surface area (Å²) in [6, 6.07) is 6.45. The summed E-state index contributed by atoms with van der Waals surface area (Å²) in [5, 5.41) is 7.98. The van der Waals surface area contributed by atoms with Gasteiger partial charge in [0.05, 0.1) is 6.54 Å². The number of benzene rings is 1. The molecule has 1 aliphatic carbocycles. The van der Waals surface area contributed by atoms with E-state index in [1.54, 1.807) is 18.4 Å². The van der Waals surface area contributed by atoms with Crippen LogP contribution in [0.15, 0.2) is 58.2 Å². The number of rotatable bonds is 7. The molecule has 6 heteroatoms. The lowest BCUT2D eigenvalue weighted by molar-refractivity contribution is 0.0207. The highest BCUT2D eigenvalue weighted by molar-refractivity contribution is 7.79. The standard InChI is InChI=1S/C26H33FN4.CH4S/c1-4-5-21(19(3)28)14-18(2)31-12-10-26(11-13-31)15-22(16-26)24-17-29-25(30-24)20-6-8-23(27)9-7-20;1-2/h5-9,22,28H,2,4,10-17H2,1,3H3;2H,1H3/b21-5-,28-19?;. The fourth-order valence-corrected chi connectivity index (χ4v) is 5.20. The maximum Gasteiger partial charge on any atom is 0.154 e. The van der Waals surface area contributed by atoms with Gasteiger partial charge in [-0.3, -0.25) is 4.99 Å². The van der Waals surface area contributed by atoms with E-state index in [1.807, 2.05) is 6.92 Å². The van der Waals surface area contributed by atoms with Crippen LogP contribution in [0.1, 0.15) is 57.9 Å². The maximum absolute atomic E-state index is 13.2. The van der Waals surface area contributed by atoms with E-state index in [-0.39, 0.29) is 5.82 Å². The Morgan fingerprint density at radius 2 is 1.88 bits per heavy atom. The van der Waals surface area contributed by atoms with E-state index in [2.05, 4.69) is 42.1 Å². The number of allylic oxidation sites excluding steroid dienone is 2. The van der Waals surface area contributed by atoms with Crippen molar-refractivity contribution >= 4 is 29.9 Å². The van der Waals surface area contributed by atoms with Gasteiger partial charge in [-0.1, -0.05) is 19.6 Å². The number of nitrogens with zero attached hydrogens (tertiary/aromatic N) is 3. The Morgan fingerprint density at radius 1 is 1.24 bits per heavy atom. The molecule has 3 aliphatic rings. The molecule has 1 N–H and O–H groups in total. The minimum absolute atomic E-state index is 0.230. The van der Waals surface area contributed by atoms with Crippen molar-refractivity contribution in [3.8, 4) is 0 Å². The van der Waals surface area contributed by atoms with Crippen molar-refractivity contribution in [1.29, 1.82) is 5.41 Å². The Morgan fingerprint density at radius 3 is 2.45 bits per heavy atom. The number of hydrogen-bond acceptors (Lipinski definition) is 5. The Bertz CT molecular complexity index is 945. The maximum atomic E-state index is 13.2. The van der Waals surface area contributed by atoms with Gasteiger partial charge in [0.1, 0.15) is 5.82 Å². The van der Waals surface area contributed by atoms with Crippen LogP contribution in [-0.2, 0) is 0 Å². The fraction of sp³-hybridized carbons (Fsp3) is 0.519. The molecule has 1 aromatic carbocycles. The van der Waals surface area contributed by atoms with Crippen LogP contribution in [0.4, 0.5) is 4.39 Å². The van der Waals surface area contributed by atoms with E-state index in [9.17, 15) is 4.39 Å². The molecule has 178 valence electrons. The van der Waals surface area contributed by atoms with Crippen LogP contribution in [0.3, 0.4) is 0 Å². The van der Waals surface area contributed by atoms with Crippen molar-refractivity contribution in [3.05, 3.63) is 59.6 Å². The van der Waals surface area contributed by atoms with Gasteiger partial charge >= 0.3 is 0 Å². The normalized spacial score (nSPS) is 19.9. The molecule has 0 aromatic heterocycles. The quantitative estimate of drug-likeness (QED) is 0.356. The number of nitrogens with one attached hydrogen (secondary N) is 1. The van der Waals surface area contributed by atoms with E-state index >= 15 is 0 Å². The highest BCUT2D eigenvalue weighted by atomic mass is 32.1. The Kier molecular flexibility index (Phi) is 8.69. The van der Waals surface area contributed by atoms with Crippen molar-refractivity contribution in [2.75, 3.05) is 25.9 Å². The first kappa shape index (κ1) is 25.4. The van der Waals surface area contributed by atoms with Gasteiger partial charge in [0.15, 0.2) is 5.84 Å². The zero-order chi connectivity index (χ0) is 24.0. The molecule has 0 atom stereocenters. The van der Waals surface area contributed by atoms with Gasteiger partial charge in [-0.15, -0.1) is 0 Å². The zero-order valence-corrected chi connectivity index (χ0v) is 21.1. The van der Waals surface area contributed by atoms with E-state index in [0.29, 0.717) is 23.6 Å². The third-order valence-corrected chi connectivity index (χ3v) is 7.17. The van der Waals surface area contributed by atoms with Gasteiger partial charge in [0.2, 0.25) is 0 Å². The first-order chi connectivity index (χ1) is 15.9. The SMILES string of the molecule is C=C(C/C(=C/CC)C(C)=N)N1CCC2(CC1)CC(C1=NC(c3ccc(F)cc3)=NC1)C2.CS. The lowest BCUT2D eigenvalue weighted by atomic mass is 9.56. The van der Waals surface area contributed by atoms with Crippen LogP contribution >= 0.6 is 12.6 Å². The number of likely N-dealkylation sites (tertiary alicyclic amines) is 1. The number of thiol groups is 1. The van der Waals surface area contributed by atoms with Crippen molar-refractivity contribution in [2.24, 2.45) is 21.3 Å². The lowest BCUT2D eigenvalue weighted by Gasteiger charge is -2.53. The molecular formula is C27H37FN4S. The van der Waals surface area contributed by atoms with Gasteiger partial charge in [-0.05, 0) is 80.5 Å². The van der Waals surface area contributed by atoms with Gasteiger partial charge in [0.25, 0.3) is 0 Å². The third-order valence-electron chi connectivity index (χ3n) is 7.17. The highest BCUT2D eigenvalue weighted by Gasteiger charge is 2.47. The molecule has 0 radical (unpaired) electrons.